The van der Waals surface area contributed by atoms with Crippen molar-refractivity contribution in [1.29, 1.82) is 0 Å². The Morgan fingerprint density at radius 3 is 2.64 bits per heavy atom. The van der Waals surface area contributed by atoms with Gasteiger partial charge in [0.05, 0.1) is 11.7 Å². The summed E-state index contributed by atoms with van der Waals surface area (Å²) < 4.78 is 10.6. The van der Waals surface area contributed by atoms with Crippen LogP contribution in [0.4, 0.5) is 0 Å². The fourth-order valence-corrected chi connectivity index (χ4v) is 2.98. The van der Waals surface area contributed by atoms with Crippen LogP contribution in [0.1, 0.15) is 42.6 Å². The fraction of sp³-hybridized carbons (Fsp3) is 0.450. The summed E-state index contributed by atoms with van der Waals surface area (Å²) >= 11 is 5.95. The SMILES string of the molecule is CCC(NC(=O)CCc1c(C)noc1Cl)c1ccccc1OCC(=O)N(C)C. The van der Waals surface area contributed by atoms with Crippen LogP contribution >= 0.6 is 11.6 Å². The first-order valence-electron chi connectivity index (χ1n) is 9.15. The molecule has 28 heavy (non-hydrogen) atoms. The maximum atomic E-state index is 12.5. The predicted octanol–water partition coefficient (Wildman–Crippen LogP) is 3.30. The summed E-state index contributed by atoms with van der Waals surface area (Å²) in [5, 5.41) is 7.04. The number of nitrogens with one attached hydrogen (secondary N) is 1. The molecule has 8 heteroatoms. The van der Waals surface area contributed by atoms with Crippen molar-refractivity contribution in [3.8, 4) is 5.75 Å². The minimum absolute atomic E-state index is 0.0559. The molecule has 0 aliphatic carbocycles. The monoisotopic (exact) mass is 407 g/mol. The number of likely N-dealkylation sites (N-methyl/N-ethyl adjacent to an activating group) is 1. The molecule has 152 valence electrons. The van der Waals surface area contributed by atoms with Crippen molar-refractivity contribution in [2.75, 3.05) is 20.7 Å². The van der Waals surface area contributed by atoms with Crippen LogP contribution in [0.5, 0.6) is 5.75 Å². The van der Waals surface area contributed by atoms with E-state index < -0.39 is 0 Å². The molecule has 2 aromatic rings. The number of rotatable bonds is 9. The topological polar surface area (TPSA) is 84.7 Å². The second kappa shape index (κ2) is 10.1. The highest BCUT2D eigenvalue weighted by atomic mass is 35.5. The molecule has 1 unspecified atom stereocenters. The van der Waals surface area contributed by atoms with Gasteiger partial charge in [-0.15, -0.1) is 0 Å². The number of carbonyl (C=O) groups is 2. The minimum Gasteiger partial charge on any atom is -0.483 e. The molecule has 0 saturated heterocycles. The molecule has 0 radical (unpaired) electrons. The second-order valence-corrected chi connectivity index (χ2v) is 7.01. The summed E-state index contributed by atoms with van der Waals surface area (Å²) in [5.74, 6) is 0.346. The van der Waals surface area contributed by atoms with Crippen LogP contribution in [0.3, 0.4) is 0 Å². The molecule has 2 rings (SSSR count). The van der Waals surface area contributed by atoms with Crippen molar-refractivity contribution < 1.29 is 18.8 Å². The quantitative estimate of drug-likeness (QED) is 0.689. The molecule has 7 nitrogen and oxygen atoms in total. The molecular formula is C20H26ClN3O4. The molecule has 0 aliphatic rings. The zero-order valence-corrected chi connectivity index (χ0v) is 17.4. The highest BCUT2D eigenvalue weighted by Crippen LogP contribution is 2.27. The fourth-order valence-electron chi connectivity index (χ4n) is 2.71. The molecule has 2 amide bonds. The molecule has 1 N–H and O–H groups in total. The summed E-state index contributed by atoms with van der Waals surface area (Å²) in [5.41, 5.74) is 2.27. The lowest BCUT2D eigenvalue weighted by Gasteiger charge is -2.21. The zero-order valence-electron chi connectivity index (χ0n) is 16.6. The Balaban J connectivity index is 2.02. The molecule has 0 spiro atoms. The van der Waals surface area contributed by atoms with Gasteiger partial charge in [0.25, 0.3) is 5.91 Å². The predicted molar refractivity (Wildman–Crippen MR) is 106 cm³/mol. The number of hydrogen-bond acceptors (Lipinski definition) is 5. The Labute approximate surface area is 170 Å². The molecule has 0 fully saturated rings. The van der Waals surface area contributed by atoms with Crippen LogP contribution in [-0.2, 0) is 16.0 Å². The number of aryl methyl sites for hydroxylation is 1. The lowest BCUT2D eigenvalue weighted by atomic mass is 10.0. The van der Waals surface area contributed by atoms with Crippen molar-refractivity contribution in [2.45, 2.75) is 39.2 Å². The van der Waals surface area contributed by atoms with Crippen molar-refractivity contribution in [3.63, 3.8) is 0 Å². The van der Waals surface area contributed by atoms with E-state index in [-0.39, 0.29) is 36.1 Å². The van der Waals surface area contributed by atoms with Crippen molar-refractivity contribution in [2.24, 2.45) is 0 Å². The largest absolute Gasteiger partial charge is 0.483 e. The summed E-state index contributed by atoms with van der Waals surface area (Å²) in [6.45, 7) is 3.72. The number of carbonyl (C=O) groups excluding carboxylic acids is 2. The number of nitrogens with zero attached hydrogens (tertiary/aromatic N) is 2. The van der Waals surface area contributed by atoms with Crippen LogP contribution in [0.2, 0.25) is 5.22 Å². The third kappa shape index (κ3) is 5.73. The molecular weight excluding hydrogens is 382 g/mol. The van der Waals surface area contributed by atoms with Crippen molar-refractivity contribution in [3.05, 3.63) is 46.3 Å². The Morgan fingerprint density at radius 2 is 2.04 bits per heavy atom. The maximum absolute atomic E-state index is 12.5. The molecule has 0 aliphatic heterocycles. The molecule has 1 heterocycles. The van der Waals surface area contributed by atoms with E-state index in [4.69, 9.17) is 20.9 Å². The third-order valence-electron chi connectivity index (χ3n) is 4.43. The van der Waals surface area contributed by atoms with E-state index >= 15 is 0 Å². The molecule has 1 aromatic heterocycles. The van der Waals surface area contributed by atoms with E-state index in [2.05, 4.69) is 10.5 Å². The van der Waals surface area contributed by atoms with Gasteiger partial charge in [0, 0.05) is 31.6 Å². The van der Waals surface area contributed by atoms with E-state index in [9.17, 15) is 9.59 Å². The van der Waals surface area contributed by atoms with Crippen molar-refractivity contribution in [1.82, 2.24) is 15.4 Å². The first kappa shape index (κ1) is 21.8. The van der Waals surface area contributed by atoms with Crippen LogP contribution in [0.15, 0.2) is 28.8 Å². The summed E-state index contributed by atoms with van der Waals surface area (Å²) in [4.78, 5) is 25.7. The number of para-hydroxylation sites is 1. The van der Waals surface area contributed by atoms with Gasteiger partial charge in [-0.25, -0.2) is 0 Å². The smallest absolute Gasteiger partial charge is 0.259 e. The average molecular weight is 408 g/mol. The van der Waals surface area contributed by atoms with E-state index in [1.54, 1.807) is 27.1 Å². The second-order valence-electron chi connectivity index (χ2n) is 6.66. The highest BCUT2D eigenvalue weighted by molar-refractivity contribution is 6.29. The van der Waals surface area contributed by atoms with Gasteiger partial charge in [-0.3, -0.25) is 9.59 Å². The number of benzene rings is 1. The van der Waals surface area contributed by atoms with Gasteiger partial charge in [0.1, 0.15) is 5.75 Å². The van der Waals surface area contributed by atoms with Gasteiger partial charge in [0.2, 0.25) is 11.1 Å². The van der Waals surface area contributed by atoms with Gasteiger partial charge in [-0.2, -0.15) is 0 Å². The standard InChI is InChI=1S/C20H26ClN3O4/c1-5-16(22-18(25)11-10-14-13(2)23-28-20(14)21)15-8-6-7-9-17(15)27-12-19(26)24(3)4/h6-9,16H,5,10-12H2,1-4H3,(H,22,25). The Kier molecular flexibility index (Phi) is 7.87. The highest BCUT2D eigenvalue weighted by Gasteiger charge is 2.19. The molecule has 1 atom stereocenters. The van der Waals surface area contributed by atoms with Crippen LogP contribution in [0.25, 0.3) is 0 Å². The lowest BCUT2D eigenvalue weighted by Crippen LogP contribution is -2.30. The minimum atomic E-state index is -0.225. The number of amides is 2. The van der Waals surface area contributed by atoms with Gasteiger partial charge < -0.3 is 19.5 Å². The van der Waals surface area contributed by atoms with Crippen molar-refractivity contribution >= 4 is 23.4 Å². The normalized spacial score (nSPS) is 11.8. The Morgan fingerprint density at radius 1 is 1.32 bits per heavy atom. The van der Waals surface area contributed by atoms with Crippen LogP contribution in [-0.4, -0.2) is 42.6 Å². The number of aromatic nitrogens is 1. The molecule has 1 aromatic carbocycles. The number of ether oxygens (including phenoxy) is 1. The van der Waals surface area contributed by atoms with Gasteiger partial charge in [-0.05, 0) is 37.4 Å². The van der Waals surface area contributed by atoms with Gasteiger partial charge in [0.15, 0.2) is 6.61 Å². The average Bonchev–Trinajstić information content (AvgIpc) is 3.00. The number of hydrogen-bond donors (Lipinski definition) is 1. The molecule has 0 saturated carbocycles. The van der Waals surface area contributed by atoms with E-state index in [1.807, 2.05) is 25.1 Å². The first-order chi connectivity index (χ1) is 13.3. The summed E-state index contributed by atoms with van der Waals surface area (Å²) in [7, 11) is 3.35. The van der Waals surface area contributed by atoms with Gasteiger partial charge >= 0.3 is 0 Å². The third-order valence-corrected chi connectivity index (χ3v) is 4.72. The Hall–Kier alpha value is -2.54. The lowest BCUT2D eigenvalue weighted by molar-refractivity contribution is -0.130. The Bertz CT molecular complexity index is 800. The first-order valence-corrected chi connectivity index (χ1v) is 9.53. The van der Waals surface area contributed by atoms with Crippen LogP contribution in [0, 0.1) is 6.92 Å². The van der Waals surface area contributed by atoms with E-state index in [1.165, 1.54) is 4.90 Å². The summed E-state index contributed by atoms with van der Waals surface area (Å²) in [6.07, 6.45) is 1.40. The van der Waals surface area contributed by atoms with Gasteiger partial charge in [-0.1, -0.05) is 30.3 Å². The van der Waals surface area contributed by atoms with E-state index in [0.717, 1.165) is 11.1 Å². The zero-order chi connectivity index (χ0) is 20.7. The molecule has 0 bridgehead atoms. The van der Waals surface area contributed by atoms with Crippen LogP contribution < -0.4 is 10.1 Å². The van der Waals surface area contributed by atoms with E-state index in [0.29, 0.717) is 24.3 Å². The summed E-state index contributed by atoms with van der Waals surface area (Å²) in [6, 6.07) is 7.19. The number of halogens is 1. The maximum Gasteiger partial charge on any atom is 0.259 e.